The maximum absolute atomic E-state index is 11.9. The van der Waals surface area contributed by atoms with E-state index in [1.54, 1.807) is 24.3 Å². The molecule has 0 aliphatic carbocycles. The molecule has 0 aliphatic rings. The Balaban J connectivity index is 1.79. The lowest BCUT2D eigenvalue weighted by Crippen LogP contribution is -2.24. The fourth-order valence-corrected chi connectivity index (χ4v) is 2.25. The molecule has 2 aromatic carbocycles. The molecule has 2 amide bonds. The van der Waals surface area contributed by atoms with Gasteiger partial charge < -0.3 is 24.8 Å². The summed E-state index contributed by atoms with van der Waals surface area (Å²) >= 11 is 0. The van der Waals surface area contributed by atoms with E-state index in [0.29, 0.717) is 28.8 Å². The number of amides is 2. The molecule has 0 spiro atoms. The van der Waals surface area contributed by atoms with Crippen LogP contribution in [0.4, 0.5) is 5.69 Å². The molecule has 0 saturated carbocycles. The molecular formula is C20H20N2O7. The standard InChI is InChI=1S/C20H20N2O7/c1-21-20(26)14-4-6-15(7-5-14)22-18(24)11-29-19(25)12-28-16-8-3-13(10-23)9-17(16)27-2/h3-10H,11-12H2,1-2H3,(H,21,26)(H,22,24). The molecule has 0 radical (unpaired) electrons. The smallest absolute Gasteiger partial charge is 0.344 e. The van der Waals surface area contributed by atoms with Crippen LogP contribution in [0.1, 0.15) is 20.7 Å². The van der Waals surface area contributed by atoms with Gasteiger partial charge in [0.1, 0.15) is 6.29 Å². The fourth-order valence-electron chi connectivity index (χ4n) is 2.25. The third-order valence-electron chi connectivity index (χ3n) is 3.69. The number of anilines is 1. The Morgan fingerprint density at radius 3 is 2.34 bits per heavy atom. The normalized spacial score (nSPS) is 9.86. The van der Waals surface area contributed by atoms with Crippen molar-refractivity contribution in [2.45, 2.75) is 0 Å². The quantitative estimate of drug-likeness (QED) is 0.483. The molecule has 2 aromatic rings. The molecule has 0 atom stereocenters. The van der Waals surface area contributed by atoms with Crippen molar-refractivity contribution in [2.75, 3.05) is 32.7 Å². The molecule has 0 fully saturated rings. The zero-order valence-corrected chi connectivity index (χ0v) is 15.9. The van der Waals surface area contributed by atoms with Crippen molar-refractivity contribution in [1.29, 1.82) is 0 Å². The predicted molar refractivity (Wildman–Crippen MR) is 103 cm³/mol. The minimum Gasteiger partial charge on any atom is -0.493 e. The number of benzene rings is 2. The topological polar surface area (TPSA) is 120 Å². The van der Waals surface area contributed by atoms with Crippen LogP contribution in [-0.2, 0) is 14.3 Å². The van der Waals surface area contributed by atoms with Gasteiger partial charge in [-0.25, -0.2) is 4.79 Å². The Hall–Kier alpha value is -3.88. The molecule has 0 heterocycles. The average Bonchev–Trinajstić information content (AvgIpc) is 2.76. The van der Waals surface area contributed by atoms with Crippen LogP contribution in [-0.4, -0.2) is 51.4 Å². The molecule has 0 bridgehead atoms. The Morgan fingerprint density at radius 2 is 1.72 bits per heavy atom. The van der Waals surface area contributed by atoms with Crippen LogP contribution in [0.15, 0.2) is 42.5 Å². The molecule has 2 N–H and O–H groups in total. The summed E-state index contributed by atoms with van der Waals surface area (Å²) in [4.78, 5) is 45.9. The summed E-state index contributed by atoms with van der Waals surface area (Å²) in [5.74, 6) is -0.985. The van der Waals surface area contributed by atoms with E-state index >= 15 is 0 Å². The number of nitrogens with one attached hydrogen (secondary N) is 2. The van der Waals surface area contributed by atoms with Crippen molar-refractivity contribution >= 4 is 29.8 Å². The third-order valence-corrected chi connectivity index (χ3v) is 3.69. The van der Waals surface area contributed by atoms with Crippen LogP contribution in [0.3, 0.4) is 0 Å². The zero-order valence-electron chi connectivity index (χ0n) is 15.9. The van der Waals surface area contributed by atoms with E-state index < -0.39 is 25.1 Å². The number of esters is 1. The molecule has 9 heteroatoms. The van der Waals surface area contributed by atoms with Gasteiger partial charge in [-0.3, -0.25) is 14.4 Å². The second-order valence-corrected chi connectivity index (χ2v) is 5.68. The Labute approximate surface area is 166 Å². The van der Waals surface area contributed by atoms with Crippen molar-refractivity contribution in [3.8, 4) is 11.5 Å². The van der Waals surface area contributed by atoms with Crippen LogP contribution < -0.4 is 20.1 Å². The monoisotopic (exact) mass is 400 g/mol. The molecule has 0 aliphatic heterocycles. The lowest BCUT2D eigenvalue weighted by atomic mass is 10.2. The average molecular weight is 400 g/mol. The molecule has 29 heavy (non-hydrogen) atoms. The first-order valence-electron chi connectivity index (χ1n) is 8.50. The van der Waals surface area contributed by atoms with E-state index in [1.807, 2.05) is 0 Å². The number of methoxy groups -OCH3 is 1. The Kier molecular flexibility index (Phi) is 7.72. The highest BCUT2D eigenvalue weighted by molar-refractivity contribution is 5.96. The largest absolute Gasteiger partial charge is 0.493 e. The van der Waals surface area contributed by atoms with Gasteiger partial charge in [-0.2, -0.15) is 0 Å². The van der Waals surface area contributed by atoms with E-state index in [4.69, 9.17) is 14.2 Å². The summed E-state index contributed by atoms with van der Waals surface area (Å²) in [5.41, 5.74) is 1.30. The van der Waals surface area contributed by atoms with Crippen molar-refractivity contribution in [3.63, 3.8) is 0 Å². The van der Waals surface area contributed by atoms with Gasteiger partial charge in [-0.05, 0) is 42.5 Å². The van der Waals surface area contributed by atoms with E-state index in [9.17, 15) is 19.2 Å². The molecule has 0 unspecified atom stereocenters. The second-order valence-electron chi connectivity index (χ2n) is 5.68. The Bertz CT molecular complexity index is 894. The first-order chi connectivity index (χ1) is 14.0. The number of carbonyl (C=O) groups is 4. The van der Waals surface area contributed by atoms with Gasteiger partial charge in [0.25, 0.3) is 11.8 Å². The van der Waals surface area contributed by atoms with Crippen molar-refractivity contribution in [2.24, 2.45) is 0 Å². The van der Waals surface area contributed by atoms with Crippen molar-refractivity contribution in [1.82, 2.24) is 5.32 Å². The fraction of sp³-hybridized carbons (Fsp3) is 0.200. The SMILES string of the molecule is CNC(=O)c1ccc(NC(=O)COC(=O)COc2ccc(C=O)cc2OC)cc1. The van der Waals surface area contributed by atoms with Gasteiger partial charge in [-0.15, -0.1) is 0 Å². The number of rotatable bonds is 9. The summed E-state index contributed by atoms with van der Waals surface area (Å²) < 4.78 is 15.2. The molecule has 0 saturated heterocycles. The number of aldehydes is 1. The van der Waals surface area contributed by atoms with Crippen molar-refractivity contribution in [3.05, 3.63) is 53.6 Å². The van der Waals surface area contributed by atoms with Crippen molar-refractivity contribution < 1.29 is 33.4 Å². The van der Waals surface area contributed by atoms with Gasteiger partial charge in [0.2, 0.25) is 0 Å². The van der Waals surface area contributed by atoms with E-state index in [0.717, 1.165) is 0 Å². The van der Waals surface area contributed by atoms with Crippen LogP contribution in [0.25, 0.3) is 0 Å². The highest BCUT2D eigenvalue weighted by atomic mass is 16.6. The summed E-state index contributed by atoms with van der Waals surface area (Å²) in [6, 6.07) is 10.7. The van der Waals surface area contributed by atoms with E-state index in [2.05, 4.69) is 10.6 Å². The predicted octanol–water partition coefficient (Wildman–Crippen LogP) is 1.43. The van der Waals surface area contributed by atoms with Crippen LogP contribution in [0, 0.1) is 0 Å². The molecule has 9 nitrogen and oxygen atoms in total. The summed E-state index contributed by atoms with van der Waals surface area (Å²) in [6.07, 6.45) is 0.658. The Morgan fingerprint density at radius 1 is 1.00 bits per heavy atom. The third kappa shape index (κ3) is 6.35. The first kappa shape index (κ1) is 21.4. The first-order valence-corrected chi connectivity index (χ1v) is 8.50. The second kappa shape index (κ2) is 10.5. The minimum atomic E-state index is -0.753. The number of ether oxygens (including phenoxy) is 3. The number of hydrogen-bond acceptors (Lipinski definition) is 7. The lowest BCUT2D eigenvalue weighted by molar-refractivity contribution is -0.149. The van der Waals surface area contributed by atoms with Gasteiger partial charge in [0.15, 0.2) is 24.7 Å². The highest BCUT2D eigenvalue weighted by Crippen LogP contribution is 2.27. The summed E-state index contributed by atoms with van der Waals surface area (Å²) in [6.45, 7) is -0.939. The molecule has 2 rings (SSSR count). The van der Waals surface area contributed by atoms with Crippen LogP contribution in [0.5, 0.6) is 11.5 Å². The van der Waals surface area contributed by atoms with E-state index in [-0.39, 0.29) is 11.7 Å². The summed E-state index contributed by atoms with van der Waals surface area (Å²) in [7, 11) is 2.92. The molecular weight excluding hydrogens is 380 g/mol. The maximum atomic E-state index is 11.9. The highest BCUT2D eigenvalue weighted by Gasteiger charge is 2.12. The minimum absolute atomic E-state index is 0.241. The number of hydrogen-bond donors (Lipinski definition) is 2. The van der Waals surface area contributed by atoms with Crippen LogP contribution in [0.2, 0.25) is 0 Å². The summed E-state index contributed by atoms with van der Waals surface area (Å²) in [5, 5.41) is 5.04. The molecule has 0 aromatic heterocycles. The van der Waals surface area contributed by atoms with Gasteiger partial charge in [0, 0.05) is 23.9 Å². The maximum Gasteiger partial charge on any atom is 0.344 e. The zero-order chi connectivity index (χ0) is 21.2. The van der Waals surface area contributed by atoms with Gasteiger partial charge in [-0.1, -0.05) is 0 Å². The van der Waals surface area contributed by atoms with Gasteiger partial charge in [0.05, 0.1) is 7.11 Å². The van der Waals surface area contributed by atoms with Crippen LogP contribution >= 0.6 is 0 Å². The lowest BCUT2D eigenvalue weighted by Gasteiger charge is -2.11. The van der Waals surface area contributed by atoms with E-state index in [1.165, 1.54) is 32.4 Å². The molecule has 152 valence electrons. The number of carbonyl (C=O) groups excluding carboxylic acids is 4. The van der Waals surface area contributed by atoms with Gasteiger partial charge >= 0.3 is 5.97 Å².